The monoisotopic (exact) mass is 184 g/mol. The molecule has 0 bridgehead atoms. The van der Waals surface area contributed by atoms with Crippen molar-refractivity contribution in [1.82, 2.24) is 0 Å². The molecule has 72 valence electrons. The normalized spacial score (nSPS) is 37.0. The van der Waals surface area contributed by atoms with Crippen molar-refractivity contribution in [3.63, 3.8) is 0 Å². The zero-order chi connectivity index (χ0) is 9.47. The van der Waals surface area contributed by atoms with Crippen LogP contribution in [0.1, 0.15) is 25.7 Å². The molecule has 2 aliphatic rings. The van der Waals surface area contributed by atoms with Crippen molar-refractivity contribution in [1.29, 1.82) is 0 Å². The van der Waals surface area contributed by atoms with Crippen molar-refractivity contribution in [2.75, 3.05) is 7.11 Å². The summed E-state index contributed by atoms with van der Waals surface area (Å²) in [6.07, 6.45) is 3.31. The molecule has 0 aromatic heterocycles. The summed E-state index contributed by atoms with van der Waals surface area (Å²) < 4.78 is 9.62. The van der Waals surface area contributed by atoms with Gasteiger partial charge in [0.15, 0.2) is 0 Å². The Labute approximate surface area is 76.2 Å². The van der Waals surface area contributed by atoms with Gasteiger partial charge in [0.1, 0.15) is 5.92 Å². The van der Waals surface area contributed by atoms with E-state index >= 15 is 0 Å². The van der Waals surface area contributed by atoms with Crippen LogP contribution in [0.4, 0.5) is 0 Å². The third-order valence-electron chi connectivity index (χ3n) is 2.95. The van der Waals surface area contributed by atoms with Gasteiger partial charge in [-0.25, -0.2) is 4.79 Å². The van der Waals surface area contributed by atoms with Gasteiger partial charge in [0.25, 0.3) is 0 Å². The largest absolute Gasteiger partial charge is 0.466 e. The highest BCUT2D eigenvalue weighted by molar-refractivity contribution is 5.95. The number of rotatable bonds is 1. The average molecular weight is 184 g/mol. The number of carbonyl (C=O) groups is 2. The Balaban J connectivity index is 2.20. The van der Waals surface area contributed by atoms with Gasteiger partial charge in [-0.3, -0.25) is 4.79 Å². The standard InChI is InChI=1S/C9H12O4/c1-12-8(11)9-5-3-2-4-6(9)7(10)13-9/h6H,2-5H2,1H3/t6-,9-/m0/s1. The van der Waals surface area contributed by atoms with Gasteiger partial charge < -0.3 is 9.47 Å². The fraction of sp³-hybridized carbons (Fsp3) is 0.778. The molecule has 0 aromatic carbocycles. The Bertz CT molecular complexity index is 260. The van der Waals surface area contributed by atoms with E-state index in [1.54, 1.807) is 0 Å². The molecule has 0 aromatic rings. The van der Waals surface area contributed by atoms with Crippen LogP contribution in [0.3, 0.4) is 0 Å². The summed E-state index contributed by atoms with van der Waals surface area (Å²) in [6, 6.07) is 0. The lowest BCUT2D eigenvalue weighted by molar-refractivity contribution is -0.230. The maximum absolute atomic E-state index is 11.4. The third kappa shape index (κ3) is 0.975. The van der Waals surface area contributed by atoms with Gasteiger partial charge in [-0.2, -0.15) is 0 Å². The molecule has 13 heavy (non-hydrogen) atoms. The first-order valence-electron chi connectivity index (χ1n) is 4.52. The summed E-state index contributed by atoms with van der Waals surface area (Å²) in [5.41, 5.74) is -0.913. The number of methoxy groups -OCH3 is 1. The van der Waals surface area contributed by atoms with E-state index in [1.807, 2.05) is 0 Å². The van der Waals surface area contributed by atoms with E-state index in [2.05, 4.69) is 4.74 Å². The van der Waals surface area contributed by atoms with Gasteiger partial charge in [-0.1, -0.05) is 6.42 Å². The number of carbonyl (C=O) groups excluding carboxylic acids is 2. The molecule has 2 fully saturated rings. The molecule has 1 heterocycles. The van der Waals surface area contributed by atoms with Crippen molar-refractivity contribution in [3.05, 3.63) is 0 Å². The van der Waals surface area contributed by atoms with Gasteiger partial charge >= 0.3 is 11.9 Å². The Kier molecular flexibility index (Phi) is 1.78. The SMILES string of the molecule is COC(=O)[C@]12CCCC[C@H]1C(=O)O2. The minimum absolute atomic E-state index is 0.242. The number of hydrogen-bond donors (Lipinski definition) is 0. The lowest BCUT2D eigenvalue weighted by atomic mass is 9.71. The van der Waals surface area contributed by atoms with E-state index in [0.29, 0.717) is 6.42 Å². The van der Waals surface area contributed by atoms with E-state index < -0.39 is 11.6 Å². The molecule has 4 heteroatoms. The molecule has 0 spiro atoms. The second-order valence-electron chi connectivity index (χ2n) is 3.60. The lowest BCUT2D eigenvalue weighted by Gasteiger charge is -2.47. The smallest absolute Gasteiger partial charge is 0.351 e. The highest BCUT2D eigenvalue weighted by Gasteiger charge is 2.63. The lowest BCUT2D eigenvalue weighted by Crippen LogP contribution is -2.64. The first kappa shape index (κ1) is 8.53. The quantitative estimate of drug-likeness (QED) is 0.561. The molecule has 2 atom stereocenters. The zero-order valence-electron chi connectivity index (χ0n) is 7.54. The van der Waals surface area contributed by atoms with E-state index in [1.165, 1.54) is 7.11 Å². The predicted molar refractivity (Wildman–Crippen MR) is 42.8 cm³/mol. The van der Waals surface area contributed by atoms with Crippen LogP contribution in [0.15, 0.2) is 0 Å². The van der Waals surface area contributed by atoms with Gasteiger partial charge in [0.2, 0.25) is 5.60 Å². The molecule has 0 unspecified atom stereocenters. The number of esters is 2. The molecule has 4 nitrogen and oxygen atoms in total. The Hall–Kier alpha value is -1.06. The number of ether oxygens (including phenoxy) is 2. The first-order valence-corrected chi connectivity index (χ1v) is 4.52. The zero-order valence-corrected chi connectivity index (χ0v) is 7.54. The van der Waals surface area contributed by atoms with Gasteiger partial charge in [0, 0.05) is 0 Å². The molecular formula is C9H12O4. The summed E-state index contributed by atoms with van der Waals surface area (Å²) in [5, 5.41) is 0. The minimum atomic E-state index is -0.913. The van der Waals surface area contributed by atoms with Crippen LogP contribution in [0.2, 0.25) is 0 Å². The van der Waals surface area contributed by atoms with E-state index in [-0.39, 0.29) is 11.9 Å². The second-order valence-corrected chi connectivity index (χ2v) is 3.60. The van der Waals surface area contributed by atoms with Crippen LogP contribution in [-0.2, 0) is 19.1 Å². The van der Waals surface area contributed by atoms with E-state index in [0.717, 1.165) is 19.3 Å². The molecule has 1 saturated heterocycles. The first-order chi connectivity index (χ1) is 6.20. The molecule has 2 rings (SSSR count). The molecular weight excluding hydrogens is 172 g/mol. The Morgan fingerprint density at radius 2 is 2.38 bits per heavy atom. The maximum atomic E-state index is 11.4. The molecule has 1 saturated carbocycles. The highest BCUT2D eigenvalue weighted by atomic mass is 16.6. The second kappa shape index (κ2) is 2.72. The number of hydrogen-bond acceptors (Lipinski definition) is 4. The van der Waals surface area contributed by atoms with Crippen molar-refractivity contribution < 1.29 is 19.1 Å². The van der Waals surface area contributed by atoms with Gasteiger partial charge in [0.05, 0.1) is 7.11 Å². The Morgan fingerprint density at radius 3 is 3.00 bits per heavy atom. The van der Waals surface area contributed by atoms with Crippen molar-refractivity contribution in [2.24, 2.45) is 5.92 Å². The van der Waals surface area contributed by atoms with Crippen LogP contribution in [0.25, 0.3) is 0 Å². The van der Waals surface area contributed by atoms with Crippen molar-refractivity contribution in [3.8, 4) is 0 Å². The van der Waals surface area contributed by atoms with Crippen molar-refractivity contribution >= 4 is 11.9 Å². The molecule has 0 radical (unpaired) electrons. The summed E-state index contributed by atoms with van der Waals surface area (Å²) in [6.45, 7) is 0. The predicted octanol–water partition coefficient (Wildman–Crippen LogP) is 0.645. The number of fused-ring (bicyclic) bond motifs is 1. The van der Waals surface area contributed by atoms with Crippen molar-refractivity contribution in [2.45, 2.75) is 31.3 Å². The summed E-state index contributed by atoms with van der Waals surface area (Å²) >= 11 is 0. The average Bonchev–Trinajstić information content (AvgIpc) is 2.14. The topological polar surface area (TPSA) is 52.6 Å². The third-order valence-corrected chi connectivity index (χ3v) is 2.95. The van der Waals surface area contributed by atoms with Crippen LogP contribution < -0.4 is 0 Å². The maximum Gasteiger partial charge on any atom is 0.351 e. The fourth-order valence-electron chi connectivity index (χ4n) is 2.23. The molecule has 1 aliphatic heterocycles. The van der Waals surface area contributed by atoms with Gasteiger partial charge in [-0.05, 0) is 19.3 Å². The van der Waals surface area contributed by atoms with Crippen LogP contribution >= 0.6 is 0 Å². The highest BCUT2D eigenvalue weighted by Crippen LogP contribution is 2.46. The van der Waals surface area contributed by atoms with Crippen LogP contribution in [0, 0.1) is 5.92 Å². The summed E-state index contributed by atoms with van der Waals surface area (Å²) in [4.78, 5) is 22.5. The van der Waals surface area contributed by atoms with E-state index in [9.17, 15) is 9.59 Å². The van der Waals surface area contributed by atoms with Crippen LogP contribution in [0.5, 0.6) is 0 Å². The Morgan fingerprint density at radius 1 is 1.62 bits per heavy atom. The van der Waals surface area contributed by atoms with E-state index in [4.69, 9.17) is 4.74 Å². The molecule has 0 N–H and O–H groups in total. The fourth-order valence-corrected chi connectivity index (χ4v) is 2.23. The van der Waals surface area contributed by atoms with Gasteiger partial charge in [-0.15, -0.1) is 0 Å². The van der Waals surface area contributed by atoms with Crippen LogP contribution in [-0.4, -0.2) is 24.6 Å². The minimum Gasteiger partial charge on any atom is -0.466 e. The summed E-state index contributed by atoms with van der Waals surface area (Å²) in [7, 11) is 1.33. The molecule has 0 amide bonds. The molecule has 1 aliphatic carbocycles. The summed E-state index contributed by atoms with van der Waals surface area (Å²) in [5.74, 6) is -0.879.